The van der Waals surface area contributed by atoms with Crippen molar-refractivity contribution >= 4 is 11.6 Å². The van der Waals surface area contributed by atoms with Crippen molar-refractivity contribution in [1.29, 1.82) is 0 Å². The Morgan fingerprint density at radius 1 is 1.14 bits per heavy atom. The lowest BCUT2D eigenvalue weighted by Gasteiger charge is -2.39. The molecule has 3 rings (SSSR count). The monoisotopic (exact) mass is 301 g/mol. The van der Waals surface area contributed by atoms with Crippen LogP contribution in [-0.2, 0) is 4.79 Å². The van der Waals surface area contributed by atoms with Crippen molar-refractivity contribution in [2.45, 2.75) is 39.2 Å². The molecule has 1 aromatic rings. The summed E-state index contributed by atoms with van der Waals surface area (Å²) in [5, 5.41) is 3.37. The first-order valence-electron chi connectivity index (χ1n) is 8.50. The van der Waals surface area contributed by atoms with Gasteiger partial charge in [-0.1, -0.05) is 18.6 Å². The zero-order valence-electron chi connectivity index (χ0n) is 13.8. The predicted molar refractivity (Wildman–Crippen MR) is 90.4 cm³/mol. The summed E-state index contributed by atoms with van der Waals surface area (Å²) in [6.07, 6.45) is 3.37. The van der Waals surface area contributed by atoms with E-state index in [1.54, 1.807) is 0 Å². The second-order valence-corrected chi connectivity index (χ2v) is 6.53. The van der Waals surface area contributed by atoms with Crippen molar-refractivity contribution in [1.82, 2.24) is 10.2 Å². The fraction of sp³-hybridized carbons (Fsp3) is 0.611. The number of nitrogens with one attached hydrogen (secondary N) is 1. The van der Waals surface area contributed by atoms with Gasteiger partial charge in [-0.2, -0.15) is 0 Å². The highest BCUT2D eigenvalue weighted by atomic mass is 16.2. The van der Waals surface area contributed by atoms with E-state index in [0.717, 1.165) is 39.1 Å². The second-order valence-electron chi connectivity index (χ2n) is 6.53. The number of nitrogens with zero attached hydrogens (tertiary/aromatic N) is 2. The van der Waals surface area contributed by atoms with Crippen LogP contribution in [0.1, 0.15) is 30.4 Å². The second kappa shape index (κ2) is 6.69. The largest absolute Gasteiger partial charge is 0.368 e. The highest BCUT2D eigenvalue weighted by Gasteiger charge is 2.28. The number of hydrogen-bond acceptors (Lipinski definition) is 3. The maximum absolute atomic E-state index is 12.6. The molecule has 2 heterocycles. The number of benzene rings is 1. The van der Waals surface area contributed by atoms with Crippen LogP contribution in [0.3, 0.4) is 0 Å². The Morgan fingerprint density at radius 2 is 1.91 bits per heavy atom. The van der Waals surface area contributed by atoms with Crippen LogP contribution >= 0.6 is 0 Å². The standard InChI is InChI=1S/C18H27N3O/c1-14-6-5-8-17(15(14)2)20-10-12-21(13-11-20)18(22)16-7-3-4-9-19-16/h5-6,8,16,19H,3-4,7,9-13H2,1-2H3/t16-/m0/s1. The first kappa shape index (κ1) is 15.3. The summed E-state index contributed by atoms with van der Waals surface area (Å²) in [5.74, 6) is 0.306. The molecule has 1 N–H and O–H groups in total. The van der Waals surface area contributed by atoms with Gasteiger partial charge in [-0.05, 0) is 50.4 Å². The first-order valence-corrected chi connectivity index (χ1v) is 8.50. The van der Waals surface area contributed by atoms with Crippen molar-refractivity contribution in [3.8, 4) is 0 Å². The van der Waals surface area contributed by atoms with E-state index in [-0.39, 0.29) is 6.04 Å². The summed E-state index contributed by atoms with van der Waals surface area (Å²) >= 11 is 0. The molecule has 120 valence electrons. The molecule has 2 aliphatic rings. The van der Waals surface area contributed by atoms with Crippen LogP contribution in [0.15, 0.2) is 18.2 Å². The number of amides is 1. The number of anilines is 1. The third kappa shape index (κ3) is 3.12. The fourth-order valence-electron chi connectivity index (χ4n) is 3.53. The molecule has 0 aliphatic carbocycles. The van der Waals surface area contributed by atoms with Gasteiger partial charge >= 0.3 is 0 Å². The molecule has 0 unspecified atom stereocenters. The van der Waals surface area contributed by atoms with Crippen LogP contribution in [-0.4, -0.2) is 49.6 Å². The third-order valence-electron chi connectivity index (χ3n) is 5.12. The smallest absolute Gasteiger partial charge is 0.239 e. The van der Waals surface area contributed by atoms with E-state index in [1.165, 1.54) is 29.7 Å². The van der Waals surface area contributed by atoms with E-state index in [1.807, 2.05) is 4.90 Å². The summed E-state index contributed by atoms with van der Waals surface area (Å²) in [6, 6.07) is 6.54. The summed E-state index contributed by atoms with van der Waals surface area (Å²) in [7, 11) is 0. The van der Waals surface area contributed by atoms with Crippen LogP contribution in [0.5, 0.6) is 0 Å². The molecule has 0 radical (unpaired) electrons. The molecular weight excluding hydrogens is 274 g/mol. The van der Waals surface area contributed by atoms with Gasteiger partial charge in [0.1, 0.15) is 0 Å². The molecule has 4 nitrogen and oxygen atoms in total. The molecule has 0 bridgehead atoms. The third-order valence-corrected chi connectivity index (χ3v) is 5.12. The number of carbonyl (C=O) groups is 1. The number of carbonyl (C=O) groups excluding carboxylic acids is 1. The number of piperidine rings is 1. The zero-order valence-corrected chi connectivity index (χ0v) is 13.8. The number of rotatable bonds is 2. The average molecular weight is 301 g/mol. The Labute approximate surface area is 133 Å². The van der Waals surface area contributed by atoms with Crippen molar-refractivity contribution in [2.75, 3.05) is 37.6 Å². The predicted octanol–water partition coefficient (Wildman–Crippen LogP) is 2.09. The van der Waals surface area contributed by atoms with E-state index in [9.17, 15) is 4.79 Å². The molecule has 1 atom stereocenters. The molecule has 0 saturated carbocycles. The van der Waals surface area contributed by atoms with Crippen LogP contribution in [0.2, 0.25) is 0 Å². The van der Waals surface area contributed by atoms with Crippen LogP contribution in [0.4, 0.5) is 5.69 Å². The maximum atomic E-state index is 12.6. The van der Waals surface area contributed by atoms with E-state index in [2.05, 4.69) is 42.3 Å². The van der Waals surface area contributed by atoms with E-state index >= 15 is 0 Å². The van der Waals surface area contributed by atoms with Gasteiger partial charge in [0.15, 0.2) is 0 Å². The Hall–Kier alpha value is -1.55. The lowest BCUT2D eigenvalue weighted by molar-refractivity contribution is -0.134. The molecule has 1 amide bonds. The molecule has 4 heteroatoms. The van der Waals surface area contributed by atoms with Gasteiger partial charge in [0, 0.05) is 31.9 Å². The fourth-order valence-corrected chi connectivity index (χ4v) is 3.53. The SMILES string of the molecule is Cc1cccc(N2CCN(C(=O)[C@@H]3CCCCN3)CC2)c1C. The van der Waals surface area contributed by atoms with Gasteiger partial charge in [0.2, 0.25) is 5.91 Å². The molecule has 22 heavy (non-hydrogen) atoms. The Kier molecular flexibility index (Phi) is 4.67. The number of piperazine rings is 1. The summed E-state index contributed by atoms with van der Waals surface area (Å²) in [6.45, 7) is 8.88. The highest BCUT2D eigenvalue weighted by molar-refractivity contribution is 5.82. The first-order chi connectivity index (χ1) is 10.7. The van der Waals surface area contributed by atoms with Crippen molar-refractivity contribution in [2.24, 2.45) is 0 Å². The quantitative estimate of drug-likeness (QED) is 0.908. The van der Waals surface area contributed by atoms with Crippen LogP contribution in [0.25, 0.3) is 0 Å². The Morgan fingerprint density at radius 3 is 2.59 bits per heavy atom. The van der Waals surface area contributed by atoms with E-state index in [4.69, 9.17) is 0 Å². The van der Waals surface area contributed by atoms with Crippen LogP contribution < -0.4 is 10.2 Å². The molecule has 2 fully saturated rings. The molecule has 2 saturated heterocycles. The lowest BCUT2D eigenvalue weighted by Crippen LogP contribution is -2.55. The molecule has 1 aromatic carbocycles. The van der Waals surface area contributed by atoms with Gasteiger partial charge in [0.25, 0.3) is 0 Å². The molecule has 0 spiro atoms. The maximum Gasteiger partial charge on any atom is 0.239 e. The average Bonchev–Trinajstić information content (AvgIpc) is 2.58. The van der Waals surface area contributed by atoms with Crippen molar-refractivity contribution < 1.29 is 4.79 Å². The minimum Gasteiger partial charge on any atom is -0.368 e. The van der Waals surface area contributed by atoms with Crippen molar-refractivity contribution in [3.63, 3.8) is 0 Å². The van der Waals surface area contributed by atoms with Crippen LogP contribution in [0, 0.1) is 13.8 Å². The lowest BCUT2D eigenvalue weighted by atomic mass is 10.0. The number of hydrogen-bond donors (Lipinski definition) is 1. The summed E-state index contributed by atoms with van der Waals surface area (Å²) < 4.78 is 0. The highest BCUT2D eigenvalue weighted by Crippen LogP contribution is 2.24. The van der Waals surface area contributed by atoms with Gasteiger partial charge in [-0.3, -0.25) is 4.79 Å². The molecular formula is C18H27N3O. The Bertz CT molecular complexity index is 529. The molecule has 0 aromatic heterocycles. The van der Waals surface area contributed by atoms with Gasteiger partial charge in [-0.25, -0.2) is 0 Å². The van der Waals surface area contributed by atoms with Gasteiger partial charge < -0.3 is 15.1 Å². The normalized spacial score (nSPS) is 22.7. The summed E-state index contributed by atoms with van der Waals surface area (Å²) in [5.41, 5.74) is 4.02. The van der Waals surface area contributed by atoms with Crippen molar-refractivity contribution in [3.05, 3.63) is 29.3 Å². The minimum atomic E-state index is 0.0565. The molecule has 2 aliphatic heterocycles. The Balaban J connectivity index is 1.60. The van der Waals surface area contributed by atoms with Gasteiger partial charge in [0.05, 0.1) is 6.04 Å². The minimum absolute atomic E-state index is 0.0565. The summed E-state index contributed by atoms with van der Waals surface area (Å²) in [4.78, 5) is 17.0. The van der Waals surface area contributed by atoms with Gasteiger partial charge in [-0.15, -0.1) is 0 Å². The van der Waals surface area contributed by atoms with E-state index in [0.29, 0.717) is 5.91 Å². The topological polar surface area (TPSA) is 35.6 Å². The zero-order chi connectivity index (χ0) is 15.5. The van der Waals surface area contributed by atoms with E-state index < -0.39 is 0 Å². The number of aryl methyl sites for hydroxylation is 1.